The lowest BCUT2D eigenvalue weighted by Crippen LogP contribution is -2.58. The largest absolute Gasteiger partial charge is 0.366 e. The molecule has 7 rings (SSSR count). The first-order valence-corrected chi connectivity index (χ1v) is 13.5. The minimum atomic E-state index is -0.00332. The van der Waals surface area contributed by atoms with Crippen LogP contribution >= 0.6 is 0 Å². The van der Waals surface area contributed by atoms with Crippen LogP contribution in [0.15, 0.2) is 12.3 Å². The van der Waals surface area contributed by atoms with Gasteiger partial charge in [0.1, 0.15) is 6.29 Å². The van der Waals surface area contributed by atoms with E-state index < -0.39 is 0 Å². The predicted octanol–water partition coefficient (Wildman–Crippen LogP) is 3.96. The molecule has 3 fully saturated rings. The Balaban J connectivity index is 1.22. The highest BCUT2D eigenvalue weighted by Crippen LogP contribution is 2.55. The minimum Gasteiger partial charge on any atom is -0.366 e. The Morgan fingerprint density at radius 1 is 1.17 bits per heavy atom. The van der Waals surface area contributed by atoms with Crippen LogP contribution in [-0.4, -0.2) is 60.9 Å². The summed E-state index contributed by atoms with van der Waals surface area (Å²) in [5.74, 6) is 0. The maximum atomic E-state index is 11.4. The summed E-state index contributed by atoms with van der Waals surface area (Å²) < 4.78 is 4.24. The number of nitrogens with zero attached hydrogens (tertiary/aromatic N) is 7. The molecule has 4 heterocycles. The van der Waals surface area contributed by atoms with Gasteiger partial charge >= 0.3 is 0 Å². The first-order chi connectivity index (χ1) is 17.2. The maximum absolute atomic E-state index is 11.4. The van der Waals surface area contributed by atoms with Crippen molar-refractivity contribution in [3.05, 3.63) is 34.9 Å². The molecule has 0 amide bonds. The zero-order chi connectivity index (χ0) is 25.2. The zero-order valence-electron chi connectivity index (χ0n) is 22.4. The second-order valence-electron chi connectivity index (χ2n) is 11.8. The van der Waals surface area contributed by atoms with Crippen molar-refractivity contribution >= 4 is 23.0 Å². The Hall–Kier alpha value is -2.74. The van der Waals surface area contributed by atoms with Gasteiger partial charge in [-0.05, 0) is 77.8 Å². The van der Waals surface area contributed by atoms with Crippen molar-refractivity contribution in [1.82, 2.24) is 29.4 Å². The fraction of sp³-hybridized carbons (Fsp3) is 0.643. The normalized spacial score (nSPS) is 26.6. The van der Waals surface area contributed by atoms with Crippen molar-refractivity contribution < 1.29 is 4.79 Å². The second kappa shape index (κ2) is 8.40. The zero-order valence-corrected chi connectivity index (χ0v) is 22.4. The lowest BCUT2D eigenvalue weighted by atomic mass is 9.56. The van der Waals surface area contributed by atoms with E-state index in [1.165, 1.54) is 61.2 Å². The van der Waals surface area contributed by atoms with Gasteiger partial charge < -0.3 is 9.69 Å². The summed E-state index contributed by atoms with van der Waals surface area (Å²) in [7, 11) is 4.11. The van der Waals surface area contributed by atoms with Gasteiger partial charge in [-0.15, -0.1) is 0 Å². The number of hydrogen-bond acceptors (Lipinski definition) is 6. The molecule has 0 spiro atoms. The van der Waals surface area contributed by atoms with E-state index in [2.05, 4.69) is 46.5 Å². The Morgan fingerprint density at radius 3 is 2.58 bits per heavy atom. The smallest absolute Gasteiger partial charge is 0.159 e. The number of fused-ring (bicyclic) bond motifs is 5. The molecule has 1 aliphatic heterocycles. The number of likely N-dealkylation sites (N-methyl/N-ethyl adjacent to an activating group) is 1. The van der Waals surface area contributed by atoms with Crippen molar-refractivity contribution in [2.75, 3.05) is 18.5 Å². The molecule has 2 bridgehead atoms. The number of aldehydes is 1. The van der Waals surface area contributed by atoms with Crippen LogP contribution in [0.5, 0.6) is 0 Å². The molecule has 0 aromatic carbocycles. The van der Waals surface area contributed by atoms with E-state index in [0.717, 1.165) is 49.1 Å². The molecule has 8 heteroatoms. The van der Waals surface area contributed by atoms with Crippen LogP contribution in [-0.2, 0) is 31.4 Å². The highest BCUT2D eigenvalue weighted by Gasteiger charge is 2.51. The van der Waals surface area contributed by atoms with E-state index in [1.807, 2.05) is 24.9 Å². The fourth-order valence-corrected chi connectivity index (χ4v) is 7.33. The van der Waals surface area contributed by atoms with Crippen LogP contribution in [0.25, 0.3) is 11.0 Å². The third kappa shape index (κ3) is 3.59. The second-order valence-corrected chi connectivity index (χ2v) is 11.8. The van der Waals surface area contributed by atoms with Crippen molar-refractivity contribution in [2.45, 2.75) is 90.4 Å². The third-order valence-corrected chi connectivity index (χ3v) is 9.89. The summed E-state index contributed by atoms with van der Waals surface area (Å²) >= 11 is 0. The number of anilines is 1. The van der Waals surface area contributed by atoms with Crippen molar-refractivity contribution in [1.29, 1.82) is 0 Å². The number of rotatable bonds is 6. The van der Waals surface area contributed by atoms with Crippen LogP contribution in [0.4, 0.5) is 5.69 Å². The van der Waals surface area contributed by atoms with Crippen LogP contribution in [0, 0.1) is 19.3 Å². The molecule has 4 aliphatic rings. The van der Waals surface area contributed by atoms with Crippen LogP contribution in [0.3, 0.4) is 0 Å². The molecule has 3 aromatic rings. The average molecular weight is 490 g/mol. The average Bonchev–Trinajstić information content (AvgIpc) is 3.42. The number of carbonyl (C=O) groups excluding carboxylic acids is 1. The van der Waals surface area contributed by atoms with Gasteiger partial charge in [0.25, 0.3) is 0 Å². The van der Waals surface area contributed by atoms with E-state index in [9.17, 15) is 4.79 Å². The first-order valence-electron chi connectivity index (χ1n) is 13.5. The van der Waals surface area contributed by atoms with Crippen LogP contribution in [0.1, 0.15) is 68.1 Å². The monoisotopic (exact) mass is 489 g/mol. The van der Waals surface area contributed by atoms with Crippen molar-refractivity contribution in [3.63, 3.8) is 0 Å². The number of carbonyl (C=O) groups is 1. The van der Waals surface area contributed by atoms with E-state index in [-0.39, 0.29) is 11.6 Å². The molecule has 1 unspecified atom stereocenters. The molecular weight excluding hydrogens is 450 g/mol. The number of hydrogen-bond donors (Lipinski definition) is 0. The van der Waals surface area contributed by atoms with E-state index in [0.29, 0.717) is 5.41 Å². The van der Waals surface area contributed by atoms with Gasteiger partial charge in [-0.1, -0.05) is 0 Å². The van der Waals surface area contributed by atoms with Gasteiger partial charge in [-0.25, -0.2) is 4.98 Å². The third-order valence-electron chi connectivity index (χ3n) is 9.89. The summed E-state index contributed by atoms with van der Waals surface area (Å²) in [6.07, 6.45) is 11.3. The quantitative estimate of drug-likeness (QED) is 0.488. The molecule has 0 N–H and O–H groups in total. The first kappa shape index (κ1) is 23.6. The van der Waals surface area contributed by atoms with Gasteiger partial charge in [0.05, 0.1) is 29.0 Å². The summed E-state index contributed by atoms with van der Waals surface area (Å²) in [5, 5.41) is 10.7. The van der Waals surface area contributed by atoms with E-state index >= 15 is 0 Å². The Kier molecular flexibility index (Phi) is 5.52. The summed E-state index contributed by atoms with van der Waals surface area (Å²) in [6, 6.07) is 2.20. The van der Waals surface area contributed by atoms with Gasteiger partial charge in [-0.2, -0.15) is 10.2 Å². The minimum absolute atomic E-state index is 0.00332. The lowest BCUT2D eigenvalue weighted by molar-refractivity contribution is -0.118. The highest BCUT2D eigenvalue weighted by atomic mass is 16.1. The van der Waals surface area contributed by atoms with Crippen molar-refractivity contribution in [3.8, 4) is 0 Å². The van der Waals surface area contributed by atoms with Crippen LogP contribution < -0.4 is 4.90 Å². The van der Waals surface area contributed by atoms with E-state index in [4.69, 9.17) is 10.1 Å². The standard InChI is InChI=1S/C28H39N7O/c1-19-14-25(22-15-29-33(5)26(22)30-19)34-13-6-24-23(16-34)21(3)31-35(24)18-27-7-10-28(11-8-27,12-9-27)32(4)20(2)17-36/h14-15,17,20H,6-13,16,18H2,1-5H3. The molecular formula is C28H39N7O. The van der Waals surface area contributed by atoms with E-state index in [1.54, 1.807) is 0 Å². The molecule has 0 saturated heterocycles. The maximum Gasteiger partial charge on any atom is 0.159 e. The topological polar surface area (TPSA) is 72.1 Å². The Morgan fingerprint density at radius 2 is 1.89 bits per heavy atom. The molecule has 3 aromatic heterocycles. The molecule has 8 nitrogen and oxygen atoms in total. The molecule has 3 saturated carbocycles. The molecule has 192 valence electrons. The highest BCUT2D eigenvalue weighted by molar-refractivity contribution is 5.89. The number of aromatic nitrogens is 5. The van der Waals surface area contributed by atoms with Gasteiger partial charge in [0.15, 0.2) is 5.65 Å². The molecule has 3 aliphatic carbocycles. The predicted molar refractivity (Wildman–Crippen MR) is 141 cm³/mol. The molecule has 36 heavy (non-hydrogen) atoms. The van der Waals surface area contributed by atoms with Gasteiger partial charge in [-0.3, -0.25) is 14.3 Å². The van der Waals surface area contributed by atoms with Gasteiger partial charge in [0.2, 0.25) is 0 Å². The SMILES string of the molecule is Cc1cc(N2CCc3c(c(C)nn3CC34CCC(N(C)C(C)C=O)(CC3)CC4)C2)c2cnn(C)c2n1. The molecule has 1 atom stereocenters. The molecule has 0 radical (unpaired) electrons. The number of aryl methyl sites for hydroxylation is 3. The summed E-state index contributed by atoms with van der Waals surface area (Å²) in [6.45, 7) is 9.18. The number of pyridine rings is 1. The van der Waals surface area contributed by atoms with Crippen molar-refractivity contribution in [2.24, 2.45) is 12.5 Å². The van der Waals surface area contributed by atoms with Crippen LogP contribution in [0.2, 0.25) is 0 Å². The Labute approximate surface area is 213 Å². The Bertz CT molecular complexity index is 1300. The lowest BCUT2D eigenvalue weighted by Gasteiger charge is -2.57. The summed E-state index contributed by atoms with van der Waals surface area (Å²) in [5.41, 5.74) is 7.75. The summed E-state index contributed by atoms with van der Waals surface area (Å²) in [4.78, 5) is 21.0. The van der Waals surface area contributed by atoms with Gasteiger partial charge in [0, 0.05) is 55.6 Å². The fourth-order valence-electron chi connectivity index (χ4n) is 7.33.